The van der Waals surface area contributed by atoms with Crippen LogP contribution >= 0.6 is 11.3 Å². The fourth-order valence-corrected chi connectivity index (χ4v) is 1.62. The van der Waals surface area contributed by atoms with E-state index in [4.69, 9.17) is 9.73 Å². The smallest absolute Gasteiger partial charge is 0.177 e. The van der Waals surface area contributed by atoms with Crippen molar-refractivity contribution in [2.45, 2.75) is 0 Å². The fourth-order valence-electron chi connectivity index (χ4n) is 0.944. The predicted molar refractivity (Wildman–Crippen MR) is 49.2 cm³/mol. The monoisotopic (exact) mass is 194 g/mol. The lowest BCUT2D eigenvalue weighted by Crippen LogP contribution is -1.76. The Bertz CT molecular complexity index is 405. The van der Waals surface area contributed by atoms with Crippen molar-refractivity contribution in [1.29, 1.82) is 0 Å². The summed E-state index contributed by atoms with van der Waals surface area (Å²) < 4.78 is 5.02. The molecule has 0 aliphatic heterocycles. The van der Waals surface area contributed by atoms with Crippen LogP contribution in [-0.4, -0.2) is 16.6 Å². The molecule has 66 valence electrons. The lowest BCUT2D eigenvalue weighted by atomic mass is 10.3. The van der Waals surface area contributed by atoms with Gasteiger partial charge in [0, 0.05) is 6.07 Å². The molecule has 0 radical (unpaired) electrons. The highest BCUT2D eigenvalue weighted by molar-refractivity contribution is 7.13. The summed E-state index contributed by atoms with van der Waals surface area (Å²) in [5, 5.41) is 16.7. The maximum Gasteiger partial charge on any atom is 0.177 e. The Morgan fingerprint density at radius 2 is 2.54 bits per heavy atom. The molecule has 0 fully saturated rings. The number of rotatable bonds is 2. The van der Waals surface area contributed by atoms with Crippen molar-refractivity contribution in [2.24, 2.45) is 5.16 Å². The zero-order valence-electron chi connectivity index (χ0n) is 6.54. The molecule has 2 rings (SSSR count). The minimum atomic E-state index is 0.505. The molecule has 2 aromatic rings. The number of oxime groups is 1. The summed E-state index contributed by atoms with van der Waals surface area (Å²) in [6, 6.07) is 5.58. The number of nitrogens with zero attached hydrogens (tertiary/aromatic N) is 2. The van der Waals surface area contributed by atoms with Crippen molar-refractivity contribution in [3.63, 3.8) is 0 Å². The van der Waals surface area contributed by atoms with Crippen molar-refractivity contribution in [1.82, 2.24) is 5.16 Å². The maximum atomic E-state index is 8.25. The van der Waals surface area contributed by atoms with E-state index in [9.17, 15) is 0 Å². The third kappa shape index (κ3) is 1.59. The summed E-state index contributed by atoms with van der Waals surface area (Å²) in [5.41, 5.74) is 0.505. The van der Waals surface area contributed by atoms with Gasteiger partial charge < -0.3 is 9.73 Å². The second-order valence-electron chi connectivity index (χ2n) is 2.34. The molecule has 0 aromatic carbocycles. The van der Waals surface area contributed by atoms with Gasteiger partial charge in [0.2, 0.25) is 0 Å². The summed E-state index contributed by atoms with van der Waals surface area (Å²) in [6.45, 7) is 0. The molecular weight excluding hydrogens is 188 g/mol. The minimum Gasteiger partial charge on any atom is -0.411 e. The Hall–Kier alpha value is -1.62. The van der Waals surface area contributed by atoms with Gasteiger partial charge in [0.25, 0.3) is 0 Å². The first-order valence-electron chi connectivity index (χ1n) is 3.58. The third-order valence-corrected chi connectivity index (χ3v) is 2.37. The van der Waals surface area contributed by atoms with Gasteiger partial charge in [0.1, 0.15) is 5.69 Å². The first-order valence-corrected chi connectivity index (χ1v) is 4.46. The van der Waals surface area contributed by atoms with Crippen LogP contribution in [-0.2, 0) is 0 Å². The van der Waals surface area contributed by atoms with Crippen molar-refractivity contribution in [2.75, 3.05) is 0 Å². The summed E-state index contributed by atoms with van der Waals surface area (Å²) in [4.78, 5) is 1.00. The Morgan fingerprint density at radius 3 is 3.23 bits per heavy atom. The first kappa shape index (κ1) is 8.00. The van der Waals surface area contributed by atoms with Gasteiger partial charge >= 0.3 is 0 Å². The van der Waals surface area contributed by atoms with E-state index >= 15 is 0 Å². The van der Waals surface area contributed by atoms with E-state index in [-0.39, 0.29) is 0 Å². The van der Waals surface area contributed by atoms with Crippen LogP contribution in [0.25, 0.3) is 10.6 Å². The Balaban J connectivity index is 2.33. The van der Waals surface area contributed by atoms with Crippen LogP contribution in [0.4, 0.5) is 0 Å². The number of aromatic nitrogens is 1. The molecule has 0 aliphatic rings. The van der Waals surface area contributed by atoms with Crippen LogP contribution in [0.3, 0.4) is 0 Å². The zero-order chi connectivity index (χ0) is 9.10. The average molecular weight is 194 g/mol. The molecule has 2 aromatic heterocycles. The maximum absolute atomic E-state index is 8.25. The largest absolute Gasteiger partial charge is 0.411 e. The van der Waals surface area contributed by atoms with Gasteiger partial charge in [0.05, 0.1) is 11.1 Å². The minimum absolute atomic E-state index is 0.505. The van der Waals surface area contributed by atoms with Crippen LogP contribution in [0.15, 0.2) is 33.3 Å². The van der Waals surface area contributed by atoms with E-state index in [1.807, 2.05) is 17.5 Å². The van der Waals surface area contributed by atoms with Crippen molar-refractivity contribution < 1.29 is 9.73 Å². The molecular formula is C8H6N2O2S. The van der Waals surface area contributed by atoms with E-state index in [1.165, 1.54) is 6.21 Å². The van der Waals surface area contributed by atoms with E-state index < -0.39 is 0 Å². The standard InChI is InChI=1S/C8H6N2O2S/c11-9-5-6-4-7(12-10-6)8-2-1-3-13-8/h1-5,11H. The average Bonchev–Trinajstić information content (AvgIpc) is 2.70. The normalized spacial score (nSPS) is 11.1. The SMILES string of the molecule is ON=Cc1cc(-c2cccs2)on1. The first-order chi connectivity index (χ1) is 6.40. The molecule has 4 nitrogen and oxygen atoms in total. The highest BCUT2D eigenvalue weighted by atomic mass is 32.1. The molecule has 0 spiro atoms. The summed E-state index contributed by atoms with van der Waals surface area (Å²) in [6.07, 6.45) is 1.22. The quantitative estimate of drug-likeness (QED) is 0.453. The third-order valence-electron chi connectivity index (χ3n) is 1.48. The molecule has 0 bridgehead atoms. The molecule has 0 unspecified atom stereocenters. The molecule has 0 amide bonds. The van der Waals surface area contributed by atoms with Gasteiger partial charge in [-0.15, -0.1) is 11.3 Å². The predicted octanol–water partition coefficient (Wildman–Crippen LogP) is 2.21. The van der Waals surface area contributed by atoms with Gasteiger partial charge in [-0.2, -0.15) is 0 Å². The van der Waals surface area contributed by atoms with Crippen LogP contribution in [0.5, 0.6) is 0 Å². The fraction of sp³-hybridized carbons (Fsp3) is 0. The van der Waals surface area contributed by atoms with E-state index in [0.29, 0.717) is 11.5 Å². The molecule has 1 N–H and O–H groups in total. The van der Waals surface area contributed by atoms with Crippen LogP contribution in [0.2, 0.25) is 0 Å². The van der Waals surface area contributed by atoms with Crippen molar-refractivity contribution in [3.05, 3.63) is 29.3 Å². The molecule has 0 atom stereocenters. The van der Waals surface area contributed by atoms with E-state index in [2.05, 4.69) is 10.3 Å². The Kier molecular flexibility index (Phi) is 2.09. The van der Waals surface area contributed by atoms with Gasteiger partial charge in [-0.25, -0.2) is 0 Å². The zero-order valence-corrected chi connectivity index (χ0v) is 7.36. The number of hydrogen-bond acceptors (Lipinski definition) is 5. The van der Waals surface area contributed by atoms with Gasteiger partial charge in [0.15, 0.2) is 5.76 Å². The molecule has 5 heteroatoms. The Labute approximate surface area is 78.1 Å². The van der Waals surface area contributed by atoms with E-state index in [1.54, 1.807) is 17.4 Å². The topological polar surface area (TPSA) is 58.6 Å². The summed E-state index contributed by atoms with van der Waals surface area (Å²) >= 11 is 1.57. The van der Waals surface area contributed by atoms with Gasteiger partial charge in [-0.05, 0) is 11.4 Å². The second kappa shape index (κ2) is 3.40. The van der Waals surface area contributed by atoms with Gasteiger partial charge in [-0.3, -0.25) is 0 Å². The molecule has 0 aliphatic carbocycles. The highest BCUT2D eigenvalue weighted by Crippen LogP contribution is 2.24. The lowest BCUT2D eigenvalue weighted by molar-refractivity contribution is 0.321. The van der Waals surface area contributed by atoms with E-state index in [0.717, 1.165) is 4.88 Å². The highest BCUT2D eigenvalue weighted by Gasteiger charge is 2.05. The van der Waals surface area contributed by atoms with Crippen LogP contribution in [0, 0.1) is 0 Å². The molecule has 0 saturated carbocycles. The molecule has 0 saturated heterocycles. The lowest BCUT2D eigenvalue weighted by Gasteiger charge is -1.82. The van der Waals surface area contributed by atoms with Crippen molar-refractivity contribution >= 4 is 17.6 Å². The molecule has 13 heavy (non-hydrogen) atoms. The number of thiophene rings is 1. The second-order valence-corrected chi connectivity index (χ2v) is 3.29. The molecule has 2 heterocycles. The van der Waals surface area contributed by atoms with Crippen molar-refractivity contribution in [3.8, 4) is 10.6 Å². The van der Waals surface area contributed by atoms with Gasteiger partial charge in [-0.1, -0.05) is 16.4 Å². The van der Waals surface area contributed by atoms with Crippen LogP contribution in [0.1, 0.15) is 5.69 Å². The Morgan fingerprint density at radius 1 is 1.62 bits per heavy atom. The summed E-state index contributed by atoms with van der Waals surface area (Å²) in [5.74, 6) is 0.685. The number of hydrogen-bond donors (Lipinski definition) is 1. The summed E-state index contributed by atoms with van der Waals surface area (Å²) in [7, 11) is 0. The van der Waals surface area contributed by atoms with Crippen LogP contribution < -0.4 is 0 Å².